The van der Waals surface area contributed by atoms with Crippen molar-refractivity contribution in [2.45, 2.75) is 50.2 Å². The van der Waals surface area contributed by atoms with E-state index < -0.39 is 23.8 Å². The van der Waals surface area contributed by atoms with Gasteiger partial charge in [0.25, 0.3) is 11.8 Å². The van der Waals surface area contributed by atoms with Crippen LogP contribution in [-0.2, 0) is 22.3 Å². The molecule has 6 rings (SSSR count). The maximum atomic E-state index is 13.5. The molecule has 236 valence electrons. The Morgan fingerprint density at radius 2 is 1.69 bits per heavy atom. The van der Waals surface area contributed by atoms with Gasteiger partial charge in [0.15, 0.2) is 11.5 Å². The summed E-state index contributed by atoms with van der Waals surface area (Å²) in [5.74, 6) is 0.490. The summed E-state index contributed by atoms with van der Waals surface area (Å²) in [6.07, 6.45) is -4.01. The van der Waals surface area contributed by atoms with Crippen molar-refractivity contribution in [2.75, 3.05) is 25.8 Å². The van der Waals surface area contributed by atoms with Crippen molar-refractivity contribution in [3.05, 3.63) is 82.9 Å². The fourth-order valence-corrected chi connectivity index (χ4v) is 5.65. The first-order valence-electron chi connectivity index (χ1n) is 14.4. The molecule has 1 fully saturated rings. The van der Waals surface area contributed by atoms with Gasteiger partial charge in [0.1, 0.15) is 18.5 Å². The zero-order chi connectivity index (χ0) is 31.7. The molecule has 13 heteroatoms. The molecule has 0 unspecified atom stereocenters. The Hall–Kier alpha value is -4.78. The lowest BCUT2D eigenvalue weighted by atomic mass is 9.94. The van der Waals surface area contributed by atoms with Crippen LogP contribution in [0.3, 0.4) is 0 Å². The minimum atomic E-state index is -4.51. The predicted molar refractivity (Wildman–Crippen MR) is 154 cm³/mol. The number of ether oxygens (including phenoxy) is 4. The Kier molecular flexibility index (Phi) is 8.28. The lowest BCUT2D eigenvalue weighted by Crippen LogP contribution is -2.53. The summed E-state index contributed by atoms with van der Waals surface area (Å²) in [5.41, 5.74) is 0.571. The molecular weight excluding hydrogens is 595 g/mol. The van der Waals surface area contributed by atoms with Gasteiger partial charge in [0.2, 0.25) is 12.7 Å². The average Bonchev–Trinajstić information content (AvgIpc) is 3.50. The molecule has 0 aliphatic carbocycles. The van der Waals surface area contributed by atoms with Gasteiger partial charge < -0.3 is 34.5 Å². The number of carbonyl (C=O) groups is 3. The largest absolute Gasteiger partial charge is 0.490 e. The Morgan fingerprint density at radius 3 is 2.47 bits per heavy atom. The molecule has 0 aromatic heterocycles. The van der Waals surface area contributed by atoms with Gasteiger partial charge in [-0.15, -0.1) is 0 Å². The van der Waals surface area contributed by atoms with Crippen molar-refractivity contribution >= 4 is 23.4 Å². The molecule has 3 atom stereocenters. The van der Waals surface area contributed by atoms with Gasteiger partial charge in [-0.3, -0.25) is 14.4 Å². The molecule has 3 aliphatic rings. The normalized spacial score (nSPS) is 20.7. The van der Waals surface area contributed by atoms with Crippen molar-refractivity contribution in [3.8, 4) is 17.2 Å². The van der Waals surface area contributed by atoms with Crippen LogP contribution in [0.4, 0.5) is 18.9 Å². The van der Waals surface area contributed by atoms with Crippen LogP contribution >= 0.6 is 0 Å². The van der Waals surface area contributed by atoms with Gasteiger partial charge in [0, 0.05) is 24.8 Å². The van der Waals surface area contributed by atoms with E-state index in [1.54, 1.807) is 30.1 Å². The second-order valence-corrected chi connectivity index (χ2v) is 11.1. The molecule has 0 bridgehead atoms. The van der Waals surface area contributed by atoms with Gasteiger partial charge in [-0.2, -0.15) is 13.2 Å². The van der Waals surface area contributed by atoms with Crippen LogP contribution < -0.4 is 24.8 Å². The number of likely N-dealkylation sites (N-methyl/N-ethyl adjacent to an activating group) is 1. The fraction of sp³-hybridized carbons (Fsp3) is 0.344. The molecule has 2 N–H and O–H groups in total. The Morgan fingerprint density at radius 1 is 0.933 bits per heavy atom. The third-order valence-electron chi connectivity index (χ3n) is 8.08. The highest BCUT2D eigenvalue weighted by atomic mass is 19.4. The van der Waals surface area contributed by atoms with Crippen molar-refractivity contribution in [1.82, 2.24) is 10.2 Å². The molecule has 3 heterocycles. The third-order valence-corrected chi connectivity index (χ3v) is 8.08. The minimum Gasteiger partial charge on any atom is -0.490 e. The molecule has 1 saturated heterocycles. The fourth-order valence-electron chi connectivity index (χ4n) is 5.65. The maximum absolute atomic E-state index is 13.5. The maximum Gasteiger partial charge on any atom is 0.416 e. The second-order valence-electron chi connectivity index (χ2n) is 11.1. The number of rotatable bonds is 6. The monoisotopic (exact) mass is 625 g/mol. The number of hydrogen-bond acceptors (Lipinski definition) is 7. The molecule has 10 nitrogen and oxygen atoms in total. The Labute approximate surface area is 256 Å². The number of nitrogens with zero attached hydrogens (tertiary/aromatic N) is 1. The van der Waals surface area contributed by atoms with E-state index in [1.165, 1.54) is 6.07 Å². The highest BCUT2D eigenvalue weighted by molar-refractivity contribution is 6.05. The quantitative estimate of drug-likeness (QED) is 0.406. The summed E-state index contributed by atoms with van der Waals surface area (Å²) >= 11 is 0. The first-order chi connectivity index (χ1) is 21.5. The number of hydrogen-bond donors (Lipinski definition) is 2. The van der Waals surface area contributed by atoms with Crippen LogP contribution in [0.2, 0.25) is 0 Å². The zero-order valence-electron chi connectivity index (χ0n) is 24.2. The van der Waals surface area contributed by atoms with Crippen molar-refractivity contribution in [3.63, 3.8) is 0 Å². The zero-order valence-corrected chi connectivity index (χ0v) is 24.2. The highest BCUT2D eigenvalue weighted by Crippen LogP contribution is 2.34. The molecular formula is C32H30F3N3O7. The number of nitrogens with one attached hydrogen (secondary N) is 2. The van der Waals surface area contributed by atoms with Crippen LogP contribution in [0.25, 0.3) is 0 Å². The Bertz CT molecular complexity index is 1610. The summed E-state index contributed by atoms with van der Waals surface area (Å²) in [6.45, 7) is 0.649. The number of benzene rings is 3. The van der Waals surface area contributed by atoms with Crippen LogP contribution in [-0.4, -0.2) is 61.3 Å². The number of halogens is 3. The number of fused-ring (bicyclic) bond motifs is 3. The van der Waals surface area contributed by atoms with Crippen LogP contribution in [0.5, 0.6) is 17.2 Å². The second kappa shape index (κ2) is 12.3. The van der Waals surface area contributed by atoms with Gasteiger partial charge in [-0.1, -0.05) is 6.07 Å². The standard InChI is InChI=1S/C32H30F3N3O7/c1-38-24-9-8-22(14-29(39)36-15-18-2-10-26-27(12-18)44-17-43-26)45-28(24)16-42-25-11-7-21(13-23(25)31(38)41)37-30(40)19-3-5-20(6-4-19)32(33,34)35/h2-7,10-13,22,24,28H,8-9,14-17H2,1H3,(H,36,39)(H,37,40)/t22-,24+,28+/m0/s1. The summed E-state index contributed by atoms with van der Waals surface area (Å²) in [4.78, 5) is 40.5. The van der Waals surface area contributed by atoms with Gasteiger partial charge in [-0.25, -0.2) is 0 Å². The Balaban J connectivity index is 1.06. The van der Waals surface area contributed by atoms with E-state index in [0.717, 1.165) is 29.8 Å². The first kappa shape index (κ1) is 30.3. The van der Waals surface area contributed by atoms with Gasteiger partial charge in [-0.05, 0) is 73.0 Å². The molecule has 0 spiro atoms. The number of alkyl halides is 3. The van der Waals surface area contributed by atoms with Gasteiger partial charge in [0.05, 0.1) is 29.7 Å². The summed E-state index contributed by atoms with van der Waals surface area (Å²) in [6, 6.07) is 13.6. The van der Waals surface area contributed by atoms with Crippen molar-refractivity contribution < 1.29 is 46.5 Å². The molecule has 0 radical (unpaired) electrons. The van der Waals surface area contributed by atoms with E-state index in [2.05, 4.69) is 10.6 Å². The molecule has 3 aliphatic heterocycles. The number of carbonyl (C=O) groups excluding carboxylic acids is 3. The van der Waals surface area contributed by atoms with E-state index in [1.807, 2.05) is 12.1 Å². The minimum absolute atomic E-state index is 0.0350. The predicted octanol–water partition coefficient (Wildman–Crippen LogP) is 4.77. The van der Waals surface area contributed by atoms with Crippen LogP contribution in [0.1, 0.15) is 51.1 Å². The molecule has 3 amide bonds. The van der Waals surface area contributed by atoms with Gasteiger partial charge >= 0.3 is 6.18 Å². The average molecular weight is 626 g/mol. The smallest absolute Gasteiger partial charge is 0.416 e. The lowest BCUT2D eigenvalue weighted by molar-refractivity contribution is -0.137. The number of amides is 3. The van der Waals surface area contributed by atoms with E-state index in [9.17, 15) is 27.6 Å². The SMILES string of the molecule is CN1C(=O)c2cc(NC(=O)c3ccc(C(F)(F)F)cc3)ccc2OC[C@H]2O[C@H](CC(=O)NCc3ccc4c(c3)OCO4)CC[C@H]21. The molecule has 3 aromatic rings. The van der Waals surface area contributed by atoms with Crippen LogP contribution in [0.15, 0.2) is 60.7 Å². The number of anilines is 1. The topological polar surface area (TPSA) is 115 Å². The van der Waals surface area contributed by atoms with Crippen LogP contribution in [0, 0.1) is 0 Å². The summed E-state index contributed by atoms with van der Waals surface area (Å²) in [7, 11) is 1.67. The van der Waals surface area contributed by atoms with E-state index in [0.29, 0.717) is 36.6 Å². The summed E-state index contributed by atoms with van der Waals surface area (Å²) < 4.78 is 61.5. The van der Waals surface area contributed by atoms with E-state index in [-0.39, 0.29) is 60.6 Å². The molecule has 45 heavy (non-hydrogen) atoms. The molecule has 0 saturated carbocycles. The van der Waals surface area contributed by atoms with E-state index in [4.69, 9.17) is 18.9 Å². The summed E-state index contributed by atoms with van der Waals surface area (Å²) in [5, 5.41) is 5.54. The van der Waals surface area contributed by atoms with E-state index >= 15 is 0 Å². The third kappa shape index (κ3) is 6.68. The molecule has 3 aromatic carbocycles. The highest BCUT2D eigenvalue weighted by Gasteiger charge is 2.39. The lowest BCUT2D eigenvalue weighted by Gasteiger charge is -2.42. The van der Waals surface area contributed by atoms with Crippen molar-refractivity contribution in [1.29, 1.82) is 0 Å². The van der Waals surface area contributed by atoms with Crippen molar-refractivity contribution in [2.24, 2.45) is 0 Å². The first-order valence-corrected chi connectivity index (χ1v) is 14.4.